The predicted octanol–water partition coefficient (Wildman–Crippen LogP) is 2.27. The number of nitrogens with zero attached hydrogens (tertiary/aromatic N) is 1. The number of likely N-dealkylation sites (N-methyl/N-ethyl adjacent to an activating group) is 1. The van der Waals surface area contributed by atoms with Crippen molar-refractivity contribution >= 4 is 5.91 Å². The molecule has 1 amide bonds. The zero-order valence-electron chi connectivity index (χ0n) is 13.9. The van der Waals surface area contributed by atoms with E-state index in [1.807, 2.05) is 13.8 Å². The van der Waals surface area contributed by atoms with Crippen molar-refractivity contribution in [1.82, 2.24) is 10.2 Å². The van der Waals surface area contributed by atoms with E-state index in [-0.39, 0.29) is 5.91 Å². The Balaban J connectivity index is 1.72. The molecular formula is C17H33N3O. The maximum absolute atomic E-state index is 11.6. The molecule has 3 atom stereocenters. The van der Waals surface area contributed by atoms with Gasteiger partial charge in [-0.05, 0) is 77.4 Å². The number of likely N-dealkylation sites (tertiary alicyclic amines) is 1. The summed E-state index contributed by atoms with van der Waals surface area (Å²) in [7, 11) is 0. The van der Waals surface area contributed by atoms with Crippen LogP contribution < -0.4 is 11.1 Å². The van der Waals surface area contributed by atoms with E-state index in [9.17, 15) is 4.79 Å². The number of carbonyl (C=O) groups excluding carboxylic acids is 1. The van der Waals surface area contributed by atoms with Gasteiger partial charge in [0.2, 0.25) is 5.91 Å². The summed E-state index contributed by atoms with van der Waals surface area (Å²) < 4.78 is 0. The Morgan fingerprint density at radius 2 is 2.05 bits per heavy atom. The van der Waals surface area contributed by atoms with Crippen molar-refractivity contribution in [2.75, 3.05) is 19.6 Å². The summed E-state index contributed by atoms with van der Waals surface area (Å²) in [6, 6.07) is 0.857. The molecule has 122 valence electrons. The minimum Gasteiger partial charge on any atom is -0.368 e. The second kappa shape index (κ2) is 7.59. The van der Waals surface area contributed by atoms with Crippen LogP contribution in [0.3, 0.4) is 0 Å². The smallest absolute Gasteiger partial charge is 0.237 e. The van der Waals surface area contributed by atoms with Crippen molar-refractivity contribution < 1.29 is 4.79 Å². The molecular weight excluding hydrogens is 262 g/mol. The van der Waals surface area contributed by atoms with Gasteiger partial charge in [-0.15, -0.1) is 0 Å². The van der Waals surface area contributed by atoms with Crippen LogP contribution in [0, 0.1) is 5.92 Å². The van der Waals surface area contributed by atoms with E-state index in [2.05, 4.69) is 10.2 Å². The Bertz CT molecular complexity index is 347. The topological polar surface area (TPSA) is 58.4 Å². The van der Waals surface area contributed by atoms with E-state index in [4.69, 9.17) is 5.73 Å². The zero-order valence-corrected chi connectivity index (χ0v) is 13.9. The molecule has 0 aromatic rings. The van der Waals surface area contributed by atoms with E-state index in [0.29, 0.717) is 0 Å². The Morgan fingerprint density at radius 3 is 2.76 bits per heavy atom. The van der Waals surface area contributed by atoms with Gasteiger partial charge in [0.25, 0.3) is 0 Å². The minimum absolute atomic E-state index is 0.224. The first-order valence-corrected chi connectivity index (χ1v) is 8.86. The number of hydrogen-bond acceptors (Lipinski definition) is 3. The molecule has 1 aliphatic carbocycles. The fourth-order valence-corrected chi connectivity index (χ4v) is 4.32. The lowest BCUT2D eigenvalue weighted by molar-refractivity contribution is -0.124. The molecule has 0 spiro atoms. The molecule has 0 bridgehead atoms. The summed E-state index contributed by atoms with van der Waals surface area (Å²) in [6.45, 7) is 7.22. The summed E-state index contributed by atoms with van der Waals surface area (Å²) in [4.78, 5) is 14.3. The van der Waals surface area contributed by atoms with Crippen molar-refractivity contribution in [1.29, 1.82) is 0 Å². The lowest BCUT2D eigenvalue weighted by Gasteiger charge is -2.38. The molecule has 4 nitrogen and oxygen atoms in total. The van der Waals surface area contributed by atoms with Gasteiger partial charge >= 0.3 is 0 Å². The molecule has 2 rings (SSSR count). The number of primary amides is 1. The first kappa shape index (κ1) is 16.8. The molecule has 0 aromatic heterocycles. The van der Waals surface area contributed by atoms with Gasteiger partial charge in [-0.1, -0.05) is 13.3 Å². The van der Waals surface area contributed by atoms with Crippen molar-refractivity contribution in [3.05, 3.63) is 0 Å². The molecule has 0 aromatic carbocycles. The van der Waals surface area contributed by atoms with E-state index in [0.717, 1.165) is 31.3 Å². The Hall–Kier alpha value is -0.610. The molecule has 2 fully saturated rings. The van der Waals surface area contributed by atoms with Crippen LogP contribution in [-0.2, 0) is 4.79 Å². The quantitative estimate of drug-likeness (QED) is 0.675. The summed E-state index contributed by atoms with van der Waals surface area (Å²) in [6.07, 6.45) is 10.2. The highest BCUT2D eigenvalue weighted by Crippen LogP contribution is 2.36. The highest BCUT2D eigenvalue weighted by Gasteiger charge is 2.34. The molecule has 3 N–H and O–H groups in total. The largest absolute Gasteiger partial charge is 0.368 e. The normalized spacial score (nSPS) is 29.0. The monoisotopic (exact) mass is 295 g/mol. The maximum Gasteiger partial charge on any atom is 0.237 e. The predicted molar refractivity (Wildman–Crippen MR) is 87.1 cm³/mol. The highest BCUT2D eigenvalue weighted by atomic mass is 16.1. The Kier molecular flexibility index (Phi) is 6.06. The summed E-state index contributed by atoms with van der Waals surface area (Å²) >= 11 is 0. The van der Waals surface area contributed by atoms with Gasteiger partial charge in [0, 0.05) is 6.04 Å². The SMILES string of the molecule is CCNC(C)(CCCCN1CCCC2CCCC21)C(N)=O. The van der Waals surface area contributed by atoms with Crippen LogP contribution in [0.15, 0.2) is 0 Å². The first-order chi connectivity index (χ1) is 10.1. The number of piperidine rings is 1. The second-order valence-electron chi connectivity index (χ2n) is 7.12. The van der Waals surface area contributed by atoms with Gasteiger partial charge in [0.05, 0.1) is 5.54 Å². The van der Waals surface area contributed by atoms with Gasteiger partial charge in [0.15, 0.2) is 0 Å². The number of nitrogens with one attached hydrogen (secondary N) is 1. The number of unbranched alkanes of at least 4 members (excludes halogenated alkanes) is 1. The van der Waals surface area contributed by atoms with Crippen LogP contribution >= 0.6 is 0 Å². The van der Waals surface area contributed by atoms with Gasteiger partial charge in [-0.25, -0.2) is 0 Å². The Morgan fingerprint density at radius 1 is 1.29 bits per heavy atom. The lowest BCUT2D eigenvalue weighted by atomic mass is 9.91. The van der Waals surface area contributed by atoms with Crippen molar-refractivity contribution in [3.63, 3.8) is 0 Å². The molecule has 3 unspecified atom stereocenters. The summed E-state index contributed by atoms with van der Waals surface area (Å²) in [5, 5.41) is 3.25. The number of nitrogens with two attached hydrogens (primary N) is 1. The molecule has 21 heavy (non-hydrogen) atoms. The lowest BCUT2D eigenvalue weighted by Crippen LogP contribution is -2.53. The third-order valence-electron chi connectivity index (χ3n) is 5.59. The number of rotatable bonds is 8. The van der Waals surface area contributed by atoms with E-state index >= 15 is 0 Å². The average Bonchev–Trinajstić information content (AvgIpc) is 2.93. The number of carbonyl (C=O) groups is 1. The van der Waals surface area contributed by atoms with Gasteiger partial charge in [0.1, 0.15) is 0 Å². The molecule has 1 saturated carbocycles. The second-order valence-corrected chi connectivity index (χ2v) is 7.12. The molecule has 1 aliphatic heterocycles. The van der Waals surface area contributed by atoms with Crippen molar-refractivity contribution in [3.8, 4) is 0 Å². The van der Waals surface area contributed by atoms with Crippen molar-refractivity contribution in [2.24, 2.45) is 11.7 Å². The summed E-state index contributed by atoms with van der Waals surface area (Å²) in [5.74, 6) is 0.745. The van der Waals surface area contributed by atoms with Gasteiger partial charge in [-0.3, -0.25) is 4.79 Å². The molecule has 1 saturated heterocycles. The highest BCUT2D eigenvalue weighted by molar-refractivity contribution is 5.84. The third kappa shape index (κ3) is 4.19. The number of fused-ring (bicyclic) bond motifs is 1. The van der Waals surface area contributed by atoms with E-state index in [1.165, 1.54) is 51.6 Å². The minimum atomic E-state index is -0.535. The van der Waals surface area contributed by atoms with E-state index in [1.54, 1.807) is 0 Å². The number of amides is 1. The first-order valence-electron chi connectivity index (χ1n) is 8.86. The third-order valence-corrected chi connectivity index (χ3v) is 5.59. The van der Waals surface area contributed by atoms with E-state index < -0.39 is 5.54 Å². The molecule has 2 aliphatic rings. The van der Waals surface area contributed by atoms with Crippen molar-refractivity contribution in [2.45, 2.75) is 76.8 Å². The zero-order chi connectivity index (χ0) is 15.3. The standard InChI is InChI=1S/C17H33N3O/c1-3-19-17(2,16(18)21)11-4-5-12-20-13-7-9-14-8-6-10-15(14)20/h14-15,19H,3-13H2,1-2H3,(H2,18,21). The molecule has 0 radical (unpaired) electrons. The molecule has 1 heterocycles. The fourth-order valence-electron chi connectivity index (χ4n) is 4.32. The molecule has 4 heteroatoms. The van der Waals surface area contributed by atoms with Crippen LogP contribution in [0.1, 0.15) is 65.2 Å². The Labute approximate surface area is 129 Å². The van der Waals surface area contributed by atoms with Crippen LogP contribution in [0.5, 0.6) is 0 Å². The van der Waals surface area contributed by atoms with Gasteiger partial charge < -0.3 is 16.0 Å². The van der Waals surface area contributed by atoms with Crippen LogP contribution in [-0.4, -0.2) is 42.0 Å². The average molecular weight is 295 g/mol. The fraction of sp³-hybridized carbons (Fsp3) is 0.941. The number of hydrogen-bond donors (Lipinski definition) is 2. The van der Waals surface area contributed by atoms with Gasteiger partial charge in [-0.2, -0.15) is 0 Å². The van der Waals surface area contributed by atoms with Crippen LogP contribution in [0.4, 0.5) is 0 Å². The summed E-state index contributed by atoms with van der Waals surface area (Å²) in [5.41, 5.74) is 5.01. The van der Waals surface area contributed by atoms with Crippen LogP contribution in [0.2, 0.25) is 0 Å². The van der Waals surface area contributed by atoms with Crippen LogP contribution in [0.25, 0.3) is 0 Å². The maximum atomic E-state index is 11.6.